The summed E-state index contributed by atoms with van der Waals surface area (Å²) >= 11 is 0. The van der Waals surface area contributed by atoms with Crippen LogP contribution in [0, 0.1) is 5.82 Å². The molecule has 3 N–H and O–H groups in total. The lowest BCUT2D eigenvalue weighted by atomic mass is 10.2. The van der Waals surface area contributed by atoms with Gasteiger partial charge in [0, 0.05) is 45.0 Å². The van der Waals surface area contributed by atoms with Gasteiger partial charge in [-0.25, -0.2) is 4.39 Å². The van der Waals surface area contributed by atoms with E-state index < -0.39 is 0 Å². The monoisotopic (exact) mass is 366 g/mol. The summed E-state index contributed by atoms with van der Waals surface area (Å²) in [5, 5.41) is 2.82. The molecule has 1 aromatic rings. The number of hydrogen-bond donors (Lipinski definition) is 2. The molecule has 0 aliphatic carbocycles. The molecular formula is C15H25Cl2FN4O. The lowest BCUT2D eigenvalue weighted by Gasteiger charge is -2.38. The van der Waals surface area contributed by atoms with Crippen molar-refractivity contribution in [2.45, 2.75) is 13.0 Å². The third-order valence-corrected chi connectivity index (χ3v) is 3.88. The second-order valence-electron chi connectivity index (χ2n) is 5.26. The molecular weight excluding hydrogens is 342 g/mol. The molecule has 23 heavy (non-hydrogen) atoms. The molecule has 2 rings (SSSR count). The van der Waals surface area contributed by atoms with E-state index >= 15 is 0 Å². The molecule has 1 heterocycles. The molecule has 1 aliphatic rings. The number of benzene rings is 1. The minimum Gasteiger partial charge on any atom is -0.369 e. The van der Waals surface area contributed by atoms with Crippen LogP contribution in [0.5, 0.6) is 0 Å². The number of carbonyl (C=O) groups is 1. The minimum absolute atomic E-state index is 0. The number of rotatable bonds is 5. The third kappa shape index (κ3) is 6.14. The predicted octanol–water partition coefficient (Wildman–Crippen LogP) is 1.25. The highest BCUT2D eigenvalue weighted by Gasteiger charge is 2.25. The maximum atomic E-state index is 12.9. The van der Waals surface area contributed by atoms with Crippen LogP contribution in [-0.4, -0.2) is 56.1 Å². The number of nitrogens with one attached hydrogen (secondary N) is 1. The number of nitrogens with zero attached hydrogens (tertiary/aromatic N) is 2. The molecule has 0 spiro atoms. The molecule has 8 heteroatoms. The van der Waals surface area contributed by atoms with E-state index in [1.165, 1.54) is 12.1 Å². The molecule has 132 valence electrons. The van der Waals surface area contributed by atoms with Crippen molar-refractivity contribution in [3.05, 3.63) is 30.1 Å². The average molecular weight is 367 g/mol. The Bertz CT molecular complexity index is 467. The molecule has 1 aromatic carbocycles. The minimum atomic E-state index is -0.220. The normalized spacial score (nSPS) is 16.0. The van der Waals surface area contributed by atoms with Crippen molar-refractivity contribution in [3.63, 3.8) is 0 Å². The number of hydrogen-bond acceptors (Lipinski definition) is 4. The number of nitrogens with two attached hydrogens (primary N) is 1. The Kier molecular flexibility index (Phi) is 10.1. The highest BCUT2D eigenvalue weighted by Crippen LogP contribution is 2.17. The van der Waals surface area contributed by atoms with Crippen LogP contribution in [-0.2, 0) is 4.79 Å². The van der Waals surface area contributed by atoms with Crippen LogP contribution >= 0.6 is 24.8 Å². The van der Waals surface area contributed by atoms with E-state index in [0.29, 0.717) is 13.1 Å². The highest BCUT2D eigenvalue weighted by atomic mass is 35.5. The summed E-state index contributed by atoms with van der Waals surface area (Å²) in [6, 6.07) is 6.40. The first-order valence-electron chi connectivity index (χ1n) is 7.34. The van der Waals surface area contributed by atoms with Gasteiger partial charge in [-0.2, -0.15) is 0 Å². The molecule has 1 fully saturated rings. The van der Waals surface area contributed by atoms with Crippen LogP contribution in [0.15, 0.2) is 24.3 Å². The van der Waals surface area contributed by atoms with Gasteiger partial charge in [-0.1, -0.05) is 0 Å². The second kappa shape index (κ2) is 10.6. The zero-order chi connectivity index (χ0) is 15.2. The quantitative estimate of drug-likeness (QED) is 0.823. The van der Waals surface area contributed by atoms with Gasteiger partial charge in [-0.3, -0.25) is 9.69 Å². The summed E-state index contributed by atoms with van der Waals surface area (Å²) in [4.78, 5) is 16.3. The van der Waals surface area contributed by atoms with E-state index in [4.69, 9.17) is 5.73 Å². The highest BCUT2D eigenvalue weighted by molar-refractivity contribution is 5.85. The molecule has 0 bridgehead atoms. The first-order chi connectivity index (χ1) is 10.1. The Morgan fingerprint density at radius 2 is 1.78 bits per heavy atom. The summed E-state index contributed by atoms with van der Waals surface area (Å²) in [6.07, 6.45) is 0. The van der Waals surface area contributed by atoms with E-state index in [0.717, 1.165) is 31.9 Å². The average Bonchev–Trinajstić information content (AvgIpc) is 2.53. The molecule has 1 amide bonds. The molecule has 0 radical (unpaired) electrons. The van der Waals surface area contributed by atoms with Gasteiger partial charge in [0.25, 0.3) is 0 Å². The molecule has 1 aliphatic heterocycles. The van der Waals surface area contributed by atoms with Gasteiger partial charge in [-0.15, -0.1) is 24.8 Å². The summed E-state index contributed by atoms with van der Waals surface area (Å²) in [6.45, 7) is 6.18. The second-order valence-corrected chi connectivity index (χ2v) is 5.26. The van der Waals surface area contributed by atoms with Crippen molar-refractivity contribution >= 4 is 36.4 Å². The van der Waals surface area contributed by atoms with Gasteiger partial charge < -0.3 is 16.0 Å². The van der Waals surface area contributed by atoms with Gasteiger partial charge in [0.1, 0.15) is 5.82 Å². The Balaban J connectivity index is 0.00000242. The predicted molar refractivity (Wildman–Crippen MR) is 96.2 cm³/mol. The van der Waals surface area contributed by atoms with Crippen LogP contribution < -0.4 is 16.0 Å². The van der Waals surface area contributed by atoms with Crippen molar-refractivity contribution < 1.29 is 9.18 Å². The van der Waals surface area contributed by atoms with Crippen molar-refractivity contribution in [2.24, 2.45) is 5.73 Å². The molecule has 0 saturated carbocycles. The zero-order valence-corrected chi connectivity index (χ0v) is 14.8. The van der Waals surface area contributed by atoms with Crippen molar-refractivity contribution in [2.75, 3.05) is 44.2 Å². The van der Waals surface area contributed by atoms with Gasteiger partial charge in [-0.05, 0) is 31.2 Å². The number of carbonyl (C=O) groups excluding carboxylic acids is 1. The zero-order valence-electron chi connectivity index (χ0n) is 13.2. The summed E-state index contributed by atoms with van der Waals surface area (Å²) in [7, 11) is 0. The first kappa shape index (κ1) is 21.9. The fraction of sp³-hybridized carbons (Fsp3) is 0.533. The smallest absolute Gasteiger partial charge is 0.237 e. The number of anilines is 1. The Morgan fingerprint density at radius 1 is 1.22 bits per heavy atom. The number of piperazine rings is 1. The van der Waals surface area contributed by atoms with Crippen LogP contribution in [0.25, 0.3) is 0 Å². The van der Waals surface area contributed by atoms with E-state index in [9.17, 15) is 9.18 Å². The molecule has 5 nitrogen and oxygen atoms in total. The maximum Gasteiger partial charge on any atom is 0.237 e. The van der Waals surface area contributed by atoms with E-state index in [1.807, 2.05) is 6.92 Å². The molecule has 1 saturated heterocycles. The first-order valence-corrected chi connectivity index (χ1v) is 7.34. The fourth-order valence-electron chi connectivity index (χ4n) is 2.53. The SMILES string of the molecule is CC(C(=O)NCCN)N1CCN(c2ccc(F)cc2)CC1.Cl.Cl. The lowest BCUT2D eigenvalue weighted by Crippen LogP contribution is -2.54. The van der Waals surface area contributed by atoms with E-state index in [2.05, 4.69) is 15.1 Å². The number of amides is 1. The molecule has 0 aromatic heterocycles. The van der Waals surface area contributed by atoms with Crippen LogP contribution in [0.2, 0.25) is 0 Å². The summed E-state index contributed by atoms with van der Waals surface area (Å²) in [5.41, 5.74) is 6.41. The van der Waals surface area contributed by atoms with Crippen molar-refractivity contribution in [1.82, 2.24) is 10.2 Å². The number of halogens is 3. The van der Waals surface area contributed by atoms with E-state index in [-0.39, 0.29) is 42.6 Å². The largest absolute Gasteiger partial charge is 0.369 e. The van der Waals surface area contributed by atoms with Crippen LogP contribution in [0.4, 0.5) is 10.1 Å². The molecule has 1 atom stereocenters. The van der Waals surface area contributed by atoms with Gasteiger partial charge >= 0.3 is 0 Å². The summed E-state index contributed by atoms with van der Waals surface area (Å²) < 4.78 is 12.9. The van der Waals surface area contributed by atoms with Gasteiger partial charge in [0.05, 0.1) is 6.04 Å². The third-order valence-electron chi connectivity index (χ3n) is 3.88. The lowest BCUT2D eigenvalue weighted by molar-refractivity contribution is -0.125. The topological polar surface area (TPSA) is 61.6 Å². The van der Waals surface area contributed by atoms with Gasteiger partial charge in [0.2, 0.25) is 5.91 Å². The Hall–Kier alpha value is -1.08. The summed E-state index contributed by atoms with van der Waals surface area (Å²) in [5.74, 6) is -0.196. The van der Waals surface area contributed by atoms with Crippen molar-refractivity contribution in [1.29, 1.82) is 0 Å². The fourth-order valence-corrected chi connectivity index (χ4v) is 2.53. The standard InChI is InChI=1S/C15H23FN4O.2ClH/c1-12(15(21)18-7-6-17)19-8-10-20(11-9-19)14-4-2-13(16)3-5-14;;/h2-5,12H,6-11,17H2,1H3,(H,18,21);2*1H. The Morgan fingerprint density at radius 3 is 2.30 bits per heavy atom. The maximum absolute atomic E-state index is 12.9. The van der Waals surface area contributed by atoms with Crippen molar-refractivity contribution in [3.8, 4) is 0 Å². The molecule has 1 unspecified atom stereocenters. The Labute approximate surface area is 149 Å². The van der Waals surface area contributed by atoms with Crippen LogP contribution in [0.1, 0.15) is 6.92 Å². The van der Waals surface area contributed by atoms with Crippen LogP contribution in [0.3, 0.4) is 0 Å². The van der Waals surface area contributed by atoms with E-state index in [1.54, 1.807) is 12.1 Å². The van der Waals surface area contributed by atoms with Gasteiger partial charge in [0.15, 0.2) is 0 Å².